The average molecular weight is 335 g/mol. The monoisotopic (exact) mass is 334 g/mol. The molecule has 0 atom stereocenters. The molecule has 1 amide bonds. The highest BCUT2D eigenvalue weighted by atomic mass is 35.5. The molecule has 1 aromatic heterocycles. The van der Waals surface area contributed by atoms with Crippen molar-refractivity contribution in [2.45, 2.75) is 6.42 Å². The number of carbonyl (C=O) groups excluding carboxylic acids is 1. The lowest BCUT2D eigenvalue weighted by Gasteiger charge is -2.11. The molecule has 4 nitrogen and oxygen atoms in total. The number of rotatable bonds is 3. The lowest BCUT2D eigenvalue weighted by atomic mass is 10.1. The maximum absolute atomic E-state index is 12.2. The normalized spacial score (nSPS) is 11.0. The Labute approximate surface area is 136 Å². The van der Waals surface area contributed by atoms with Crippen LogP contribution in [-0.4, -0.2) is 16.8 Å². The van der Waals surface area contributed by atoms with Crippen molar-refractivity contribution in [3.05, 3.63) is 51.8 Å². The molecule has 2 N–H and O–H groups in total. The molecule has 2 aromatic carbocycles. The number of hydrogen-bond donors (Lipinski definition) is 2. The number of nitrogens with one attached hydrogen (secondary N) is 2. The molecule has 0 spiro atoms. The van der Waals surface area contributed by atoms with Gasteiger partial charge in [-0.1, -0.05) is 29.8 Å². The zero-order valence-electron chi connectivity index (χ0n) is 11.5. The molecule has 0 saturated heterocycles. The van der Waals surface area contributed by atoms with Gasteiger partial charge in [0.25, 0.3) is 5.56 Å². The molecule has 3 aromatic rings. The van der Waals surface area contributed by atoms with E-state index in [0.29, 0.717) is 21.6 Å². The largest absolute Gasteiger partial charge is 0.324 e. The summed E-state index contributed by atoms with van der Waals surface area (Å²) in [6, 6.07) is 10.6. The molecule has 0 aliphatic carbocycles. The first-order valence-corrected chi connectivity index (χ1v) is 7.61. The van der Waals surface area contributed by atoms with Gasteiger partial charge in [0.1, 0.15) is 0 Å². The minimum Gasteiger partial charge on any atom is -0.324 e. The van der Waals surface area contributed by atoms with Crippen molar-refractivity contribution < 1.29 is 4.79 Å². The lowest BCUT2D eigenvalue weighted by molar-refractivity contribution is -0.115. The molecule has 0 bridgehead atoms. The molecule has 22 heavy (non-hydrogen) atoms. The molecule has 0 aliphatic heterocycles. The summed E-state index contributed by atoms with van der Waals surface area (Å²) in [6.07, 6.45) is 0.188. The number of fused-ring (bicyclic) bond motifs is 3. The molecule has 3 rings (SSSR count). The molecule has 112 valence electrons. The fraction of sp³-hybridized carbons (Fsp3) is 0.125. The van der Waals surface area contributed by atoms with Crippen LogP contribution in [0, 0.1) is 0 Å². The fourth-order valence-corrected chi connectivity index (χ4v) is 2.84. The summed E-state index contributed by atoms with van der Waals surface area (Å²) < 4.78 is 0. The first kappa shape index (κ1) is 14.9. The van der Waals surface area contributed by atoms with E-state index in [9.17, 15) is 9.59 Å². The number of carbonyl (C=O) groups is 1. The Balaban J connectivity index is 2.30. The van der Waals surface area contributed by atoms with Gasteiger partial charge in [0, 0.05) is 28.1 Å². The van der Waals surface area contributed by atoms with Gasteiger partial charge >= 0.3 is 0 Å². The molecular formula is C16H12Cl2N2O2. The van der Waals surface area contributed by atoms with E-state index in [1.807, 2.05) is 12.1 Å². The predicted molar refractivity (Wildman–Crippen MR) is 91.1 cm³/mol. The van der Waals surface area contributed by atoms with E-state index in [1.54, 1.807) is 24.3 Å². The first-order valence-electron chi connectivity index (χ1n) is 6.70. The third-order valence-electron chi connectivity index (χ3n) is 3.40. The molecule has 1 heterocycles. The Morgan fingerprint density at radius 2 is 1.86 bits per heavy atom. The van der Waals surface area contributed by atoms with Gasteiger partial charge in [-0.3, -0.25) is 9.59 Å². The summed E-state index contributed by atoms with van der Waals surface area (Å²) in [6.45, 7) is 0. The van der Waals surface area contributed by atoms with Crippen LogP contribution < -0.4 is 10.9 Å². The number of aromatic amines is 1. The zero-order chi connectivity index (χ0) is 15.7. The van der Waals surface area contributed by atoms with Crippen LogP contribution in [0.4, 0.5) is 5.69 Å². The smallest absolute Gasteiger partial charge is 0.256 e. The van der Waals surface area contributed by atoms with Crippen molar-refractivity contribution in [2.24, 2.45) is 0 Å². The highest BCUT2D eigenvalue weighted by Gasteiger charge is 2.11. The minimum absolute atomic E-state index is 0.188. The second-order valence-electron chi connectivity index (χ2n) is 4.86. The van der Waals surface area contributed by atoms with Gasteiger partial charge in [-0.25, -0.2) is 0 Å². The van der Waals surface area contributed by atoms with Gasteiger partial charge in [-0.15, -0.1) is 11.6 Å². The molecule has 6 heteroatoms. The summed E-state index contributed by atoms with van der Waals surface area (Å²) in [5.41, 5.74) is 0.815. The molecule has 0 radical (unpaired) electrons. The van der Waals surface area contributed by atoms with Gasteiger partial charge in [0.05, 0.1) is 11.2 Å². The Kier molecular flexibility index (Phi) is 4.05. The molecule has 0 fully saturated rings. The fourth-order valence-electron chi connectivity index (χ4n) is 2.45. The minimum atomic E-state index is -0.229. The molecule has 0 saturated carbocycles. The van der Waals surface area contributed by atoms with Crippen LogP contribution in [0.2, 0.25) is 5.02 Å². The first-order chi connectivity index (χ1) is 10.6. The summed E-state index contributed by atoms with van der Waals surface area (Å²) >= 11 is 11.7. The van der Waals surface area contributed by atoms with Crippen molar-refractivity contribution in [1.82, 2.24) is 4.98 Å². The Morgan fingerprint density at radius 1 is 1.14 bits per heavy atom. The van der Waals surface area contributed by atoms with Crippen LogP contribution >= 0.6 is 23.2 Å². The third kappa shape index (κ3) is 2.67. The Bertz CT molecular complexity index is 934. The molecule has 0 unspecified atom stereocenters. The van der Waals surface area contributed by atoms with E-state index in [1.165, 1.54) is 0 Å². The van der Waals surface area contributed by atoms with Crippen molar-refractivity contribution in [2.75, 3.05) is 11.2 Å². The van der Waals surface area contributed by atoms with Crippen molar-refractivity contribution in [1.29, 1.82) is 0 Å². The van der Waals surface area contributed by atoms with Gasteiger partial charge in [0.2, 0.25) is 5.91 Å². The average Bonchev–Trinajstić information content (AvgIpc) is 2.49. The van der Waals surface area contributed by atoms with E-state index < -0.39 is 0 Å². The van der Waals surface area contributed by atoms with E-state index in [0.717, 1.165) is 10.8 Å². The summed E-state index contributed by atoms with van der Waals surface area (Å²) in [5.74, 6) is -0.00312. The zero-order valence-corrected chi connectivity index (χ0v) is 13.0. The quantitative estimate of drug-likeness (QED) is 0.563. The Morgan fingerprint density at radius 3 is 2.59 bits per heavy atom. The van der Waals surface area contributed by atoms with Crippen LogP contribution in [0.3, 0.4) is 0 Å². The second-order valence-corrected chi connectivity index (χ2v) is 5.68. The SMILES string of the molecule is O=C(CCCl)Nc1cc(Cl)cc2c1[nH]c(=O)c1ccccc12. The van der Waals surface area contributed by atoms with E-state index in [-0.39, 0.29) is 23.8 Å². The van der Waals surface area contributed by atoms with Crippen LogP contribution in [-0.2, 0) is 4.79 Å². The molecular weight excluding hydrogens is 323 g/mol. The number of pyridine rings is 1. The number of anilines is 1. The van der Waals surface area contributed by atoms with Crippen molar-refractivity contribution in [3.63, 3.8) is 0 Å². The van der Waals surface area contributed by atoms with Crippen LogP contribution in [0.5, 0.6) is 0 Å². The van der Waals surface area contributed by atoms with Crippen LogP contribution in [0.15, 0.2) is 41.2 Å². The van der Waals surface area contributed by atoms with Crippen LogP contribution in [0.25, 0.3) is 21.7 Å². The molecule has 0 aliphatic rings. The number of benzene rings is 2. The van der Waals surface area contributed by atoms with E-state index >= 15 is 0 Å². The van der Waals surface area contributed by atoms with Gasteiger partial charge in [0.15, 0.2) is 0 Å². The van der Waals surface area contributed by atoms with Gasteiger partial charge in [-0.05, 0) is 23.6 Å². The Hall–Kier alpha value is -2.04. The number of H-pyrrole nitrogens is 1. The summed E-state index contributed by atoms with van der Waals surface area (Å²) in [7, 11) is 0. The topological polar surface area (TPSA) is 62.0 Å². The summed E-state index contributed by atoms with van der Waals surface area (Å²) in [5, 5.41) is 5.37. The lowest BCUT2D eigenvalue weighted by Crippen LogP contribution is -2.14. The van der Waals surface area contributed by atoms with Gasteiger partial charge < -0.3 is 10.3 Å². The van der Waals surface area contributed by atoms with Crippen LogP contribution in [0.1, 0.15) is 6.42 Å². The second kappa shape index (κ2) is 5.99. The van der Waals surface area contributed by atoms with Crippen molar-refractivity contribution >= 4 is 56.5 Å². The maximum atomic E-state index is 12.2. The van der Waals surface area contributed by atoms with E-state index in [2.05, 4.69) is 10.3 Å². The predicted octanol–water partition coefficient (Wildman–Crippen LogP) is 3.90. The highest BCUT2D eigenvalue weighted by Crippen LogP contribution is 2.30. The number of aromatic nitrogens is 1. The standard InChI is InChI=1S/C16H12Cl2N2O2/c17-6-5-14(21)19-13-8-9(18)7-12-10-3-1-2-4-11(10)16(22)20-15(12)13/h1-4,7-8H,5-6H2,(H,19,21)(H,20,22). The van der Waals surface area contributed by atoms with E-state index in [4.69, 9.17) is 23.2 Å². The number of alkyl halides is 1. The maximum Gasteiger partial charge on any atom is 0.256 e. The highest BCUT2D eigenvalue weighted by molar-refractivity contribution is 6.32. The van der Waals surface area contributed by atoms with Gasteiger partial charge in [-0.2, -0.15) is 0 Å². The summed E-state index contributed by atoms with van der Waals surface area (Å²) in [4.78, 5) is 26.8. The third-order valence-corrected chi connectivity index (χ3v) is 3.81. The van der Waals surface area contributed by atoms with Crippen molar-refractivity contribution in [3.8, 4) is 0 Å². The number of halogens is 2. The number of hydrogen-bond acceptors (Lipinski definition) is 2. The number of amides is 1.